The third kappa shape index (κ3) is 6.02. The van der Waals surface area contributed by atoms with Gasteiger partial charge in [0.25, 0.3) is 0 Å². The van der Waals surface area contributed by atoms with Crippen molar-refractivity contribution in [1.29, 1.82) is 0 Å². The molecule has 0 unspecified atom stereocenters. The third-order valence-corrected chi connectivity index (χ3v) is 5.56. The molecule has 2 aliphatic rings. The Bertz CT molecular complexity index is 885. The van der Waals surface area contributed by atoms with Crippen molar-refractivity contribution < 1.29 is 9.47 Å². The second kappa shape index (κ2) is 11.5. The van der Waals surface area contributed by atoms with Crippen LogP contribution in [0.15, 0.2) is 23.2 Å². The number of nitrogens with zero attached hydrogens (tertiary/aromatic N) is 5. The number of aryl methyl sites for hydroxylation is 2. The van der Waals surface area contributed by atoms with Gasteiger partial charge in [0.15, 0.2) is 17.5 Å². The Labute approximate surface area is 201 Å². The number of aromatic nitrogens is 3. The van der Waals surface area contributed by atoms with Crippen molar-refractivity contribution in [2.24, 2.45) is 4.99 Å². The van der Waals surface area contributed by atoms with Gasteiger partial charge in [0, 0.05) is 46.1 Å². The van der Waals surface area contributed by atoms with Crippen molar-refractivity contribution in [3.8, 4) is 11.5 Å². The molecule has 0 bridgehead atoms. The van der Waals surface area contributed by atoms with E-state index in [0.29, 0.717) is 6.79 Å². The summed E-state index contributed by atoms with van der Waals surface area (Å²) in [7, 11) is 2.06. The van der Waals surface area contributed by atoms with E-state index in [9.17, 15) is 0 Å². The zero-order valence-corrected chi connectivity index (χ0v) is 20.8. The Kier molecular flexibility index (Phi) is 8.79. The van der Waals surface area contributed by atoms with Gasteiger partial charge in [-0.25, -0.2) is 0 Å². The molecule has 4 rings (SSSR count). The number of hydrogen-bond donors (Lipinski definition) is 1. The summed E-state index contributed by atoms with van der Waals surface area (Å²) in [5, 5.41) is 12.2. The molecule has 0 saturated carbocycles. The molecule has 31 heavy (non-hydrogen) atoms. The van der Waals surface area contributed by atoms with Crippen LogP contribution < -0.4 is 14.8 Å². The molecule has 0 fully saturated rings. The monoisotopic (exact) mass is 540 g/mol. The summed E-state index contributed by atoms with van der Waals surface area (Å²) in [4.78, 5) is 6.97. The lowest BCUT2D eigenvalue weighted by molar-refractivity contribution is 0.174. The van der Waals surface area contributed by atoms with E-state index in [0.717, 1.165) is 74.5 Å². The van der Waals surface area contributed by atoms with E-state index in [-0.39, 0.29) is 24.0 Å². The first kappa shape index (κ1) is 23.6. The first-order valence-electron chi connectivity index (χ1n) is 11.0. The van der Waals surface area contributed by atoms with E-state index >= 15 is 0 Å². The van der Waals surface area contributed by atoms with Crippen molar-refractivity contribution in [1.82, 2.24) is 25.0 Å². The maximum Gasteiger partial charge on any atom is 0.231 e. The van der Waals surface area contributed by atoms with Gasteiger partial charge in [-0.15, -0.1) is 34.2 Å². The van der Waals surface area contributed by atoms with Crippen LogP contribution >= 0.6 is 24.0 Å². The number of halogens is 1. The largest absolute Gasteiger partial charge is 0.454 e. The van der Waals surface area contributed by atoms with Crippen molar-refractivity contribution in [3.05, 3.63) is 35.4 Å². The molecule has 0 spiro atoms. The summed E-state index contributed by atoms with van der Waals surface area (Å²) in [6, 6.07) is 6.08. The van der Waals surface area contributed by atoms with Crippen LogP contribution in [0.5, 0.6) is 11.5 Å². The molecule has 2 aliphatic heterocycles. The highest BCUT2D eigenvalue weighted by atomic mass is 127. The fourth-order valence-corrected chi connectivity index (χ4v) is 4.01. The summed E-state index contributed by atoms with van der Waals surface area (Å²) >= 11 is 0. The van der Waals surface area contributed by atoms with Crippen LogP contribution in [0.2, 0.25) is 0 Å². The Balaban J connectivity index is 0.00000272. The maximum absolute atomic E-state index is 5.49. The first-order valence-corrected chi connectivity index (χ1v) is 11.0. The highest BCUT2D eigenvalue weighted by Gasteiger charge is 2.16. The molecule has 1 aromatic carbocycles. The van der Waals surface area contributed by atoms with Crippen LogP contribution in [0, 0.1) is 0 Å². The molecule has 170 valence electrons. The van der Waals surface area contributed by atoms with E-state index in [4.69, 9.17) is 14.5 Å². The highest BCUT2D eigenvalue weighted by molar-refractivity contribution is 14.0. The van der Waals surface area contributed by atoms with Crippen molar-refractivity contribution in [2.45, 2.75) is 58.5 Å². The fraction of sp³-hybridized carbons (Fsp3) is 0.591. The number of aliphatic imine (C=N–C) groups is 1. The van der Waals surface area contributed by atoms with E-state index in [2.05, 4.69) is 45.0 Å². The minimum absolute atomic E-state index is 0. The van der Waals surface area contributed by atoms with Crippen LogP contribution in [0.3, 0.4) is 0 Å². The molecular weight excluding hydrogens is 507 g/mol. The molecule has 0 radical (unpaired) electrons. The normalized spacial score (nSPS) is 15.1. The summed E-state index contributed by atoms with van der Waals surface area (Å²) in [6.45, 7) is 5.80. The number of hydrogen-bond acceptors (Lipinski definition) is 5. The Hall–Kier alpha value is -2.04. The minimum atomic E-state index is 0. The maximum atomic E-state index is 5.49. The zero-order valence-electron chi connectivity index (χ0n) is 18.5. The van der Waals surface area contributed by atoms with E-state index < -0.39 is 0 Å². The number of ether oxygens (including phenoxy) is 2. The van der Waals surface area contributed by atoms with Crippen LogP contribution in [-0.4, -0.2) is 52.6 Å². The lowest BCUT2D eigenvalue weighted by Crippen LogP contribution is -2.38. The van der Waals surface area contributed by atoms with Gasteiger partial charge in [0.2, 0.25) is 6.79 Å². The predicted molar refractivity (Wildman–Crippen MR) is 131 cm³/mol. The van der Waals surface area contributed by atoms with Crippen LogP contribution in [0.4, 0.5) is 0 Å². The number of rotatable bonds is 7. The quantitative estimate of drug-likeness (QED) is 0.251. The zero-order chi connectivity index (χ0) is 20.8. The van der Waals surface area contributed by atoms with Gasteiger partial charge in [-0.05, 0) is 43.9 Å². The van der Waals surface area contributed by atoms with Crippen molar-refractivity contribution in [3.63, 3.8) is 0 Å². The molecule has 0 saturated heterocycles. The van der Waals surface area contributed by atoms with Crippen LogP contribution in [-0.2, 0) is 25.9 Å². The number of nitrogens with one attached hydrogen (secondary N) is 1. The summed E-state index contributed by atoms with van der Waals surface area (Å²) in [5.41, 5.74) is 1.17. The van der Waals surface area contributed by atoms with Gasteiger partial charge in [0.05, 0.1) is 0 Å². The smallest absolute Gasteiger partial charge is 0.231 e. The van der Waals surface area contributed by atoms with Crippen molar-refractivity contribution in [2.75, 3.05) is 26.9 Å². The van der Waals surface area contributed by atoms with Crippen LogP contribution in [0.25, 0.3) is 0 Å². The van der Waals surface area contributed by atoms with E-state index in [1.807, 2.05) is 12.1 Å². The standard InChI is InChI=1S/C22H32N6O2.HI/c1-3-23-22(27(2)15-17-10-11-18-19(14-17)30-16-29-18)24-12-7-9-21-26-25-20-8-5-4-6-13-28(20)21;/h10-11,14H,3-9,12-13,15-16H2,1-2H3,(H,23,24);1H. The molecule has 3 heterocycles. The van der Waals surface area contributed by atoms with E-state index in [1.54, 1.807) is 0 Å². The van der Waals surface area contributed by atoms with Gasteiger partial charge in [-0.3, -0.25) is 4.99 Å². The van der Waals surface area contributed by atoms with Gasteiger partial charge in [-0.1, -0.05) is 12.5 Å². The molecule has 8 nitrogen and oxygen atoms in total. The van der Waals surface area contributed by atoms with Gasteiger partial charge >= 0.3 is 0 Å². The van der Waals surface area contributed by atoms with E-state index in [1.165, 1.54) is 24.8 Å². The topological polar surface area (TPSA) is 76.8 Å². The van der Waals surface area contributed by atoms with Crippen molar-refractivity contribution >= 4 is 29.9 Å². The number of fused-ring (bicyclic) bond motifs is 2. The lowest BCUT2D eigenvalue weighted by atomic mass is 10.2. The lowest BCUT2D eigenvalue weighted by Gasteiger charge is -2.22. The molecule has 0 atom stereocenters. The van der Waals surface area contributed by atoms with Gasteiger partial charge in [-0.2, -0.15) is 0 Å². The average Bonchev–Trinajstić information content (AvgIpc) is 3.30. The molecule has 0 amide bonds. The molecule has 9 heteroatoms. The predicted octanol–water partition coefficient (Wildman–Crippen LogP) is 3.38. The van der Waals surface area contributed by atoms with Gasteiger partial charge in [0.1, 0.15) is 11.6 Å². The Morgan fingerprint density at radius 1 is 1.19 bits per heavy atom. The molecule has 1 aromatic heterocycles. The minimum Gasteiger partial charge on any atom is -0.454 e. The second-order valence-corrected chi connectivity index (χ2v) is 7.88. The summed E-state index contributed by atoms with van der Waals surface area (Å²) in [6.07, 6.45) is 6.68. The second-order valence-electron chi connectivity index (χ2n) is 7.88. The molecular formula is C22H33IN6O2. The third-order valence-electron chi connectivity index (χ3n) is 5.56. The molecule has 1 N–H and O–H groups in total. The SMILES string of the molecule is CCNC(=NCCCc1nnc2n1CCCCC2)N(C)Cc1ccc2c(c1)OCO2.I. The van der Waals surface area contributed by atoms with Crippen LogP contribution in [0.1, 0.15) is 49.8 Å². The summed E-state index contributed by atoms with van der Waals surface area (Å²) < 4.78 is 13.2. The van der Waals surface area contributed by atoms with Gasteiger partial charge < -0.3 is 24.3 Å². The Morgan fingerprint density at radius 2 is 2.06 bits per heavy atom. The average molecular weight is 540 g/mol. The fourth-order valence-electron chi connectivity index (χ4n) is 4.01. The number of benzene rings is 1. The molecule has 2 aromatic rings. The number of guanidine groups is 1. The molecule has 0 aliphatic carbocycles. The highest BCUT2D eigenvalue weighted by Crippen LogP contribution is 2.32. The Morgan fingerprint density at radius 3 is 2.94 bits per heavy atom. The first-order chi connectivity index (χ1) is 14.7. The summed E-state index contributed by atoms with van der Waals surface area (Å²) in [5.74, 6) is 4.81.